The third kappa shape index (κ3) is 1.14. The van der Waals surface area contributed by atoms with Gasteiger partial charge < -0.3 is 9.13 Å². The first-order valence-corrected chi connectivity index (χ1v) is 7.48. The first kappa shape index (κ1) is 11.9. The molecule has 6 nitrogen and oxygen atoms in total. The lowest BCUT2D eigenvalue weighted by atomic mass is 10.1. The SMILES string of the molecule is CCn1c2c(C)c3c(cc2n2ccnc12)n1ccnc1n3C. The van der Waals surface area contributed by atoms with Crippen LogP contribution in [0, 0.1) is 6.92 Å². The van der Waals surface area contributed by atoms with Gasteiger partial charge in [0.15, 0.2) is 0 Å². The summed E-state index contributed by atoms with van der Waals surface area (Å²) in [7, 11) is 2.08. The van der Waals surface area contributed by atoms with Gasteiger partial charge in [0.2, 0.25) is 11.6 Å². The molecule has 5 aromatic rings. The predicted molar refractivity (Wildman–Crippen MR) is 86.3 cm³/mol. The van der Waals surface area contributed by atoms with Crippen molar-refractivity contribution < 1.29 is 0 Å². The standard InChI is InChI=1S/C16H16N6/c1-4-20-14-10(2)13-11(21-7-5-17-15(21)19(13)3)9-12(14)22-8-6-18-16(20)22/h5-9H,4H2,1-3H3. The molecule has 0 amide bonds. The van der Waals surface area contributed by atoms with Crippen LogP contribution in [0.1, 0.15) is 12.5 Å². The lowest BCUT2D eigenvalue weighted by Crippen LogP contribution is -1.98. The molecule has 0 aliphatic carbocycles. The van der Waals surface area contributed by atoms with Gasteiger partial charge in [0.05, 0.1) is 22.1 Å². The number of benzene rings is 1. The van der Waals surface area contributed by atoms with Crippen molar-refractivity contribution in [1.29, 1.82) is 0 Å². The van der Waals surface area contributed by atoms with Crippen LogP contribution in [-0.4, -0.2) is 27.9 Å². The quantitative estimate of drug-likeness (QED) is 0.477. The molecule has 0 saturated heterocycles. The Bertz CT molecular complexity index is 1180. The molecule has 0 atom stereocenters. The van der Waals surface area contributed by atoms with Gasteiger partial charge in [-0.2, -0.15) is 0 Å². The Morgan fingerprint density at radius 3 is 2.32 bits per heavy atom. The van der Waals surface area contributed by atoms with E-state index < -0.39 is 0 Å². The highest BCUT2D eigenvalue weighted by molar-refractivity contribution is 5.99. The molecule has 1 aromatic carbocycles. The fraction of sp³-hybridized carbons (Fsp3) is 0.250. The van der Waals surface area contributed by atoms with Crippen LogP contribution in [0.3, 0.4) is 0 Å². The Balaban J connectivity index is 2.15. The summed E-state index contributed by atoms with van der Waals surface area (Å²) in [4.78, 5) is 8.98. The average molecular weight is 292 g/mol. The minimum atomic E-state index is 0.901. The second kappa shape index (κ2) is 3.71. The smallest absolute Gasteiger partial charge is 0.214 e. The summed E-state index contributed by atoms with van der Waals surface area (Å²) in [5.41, 5.74) is 6.13. The number of hydrogen-bond acceptors (Lipinski definition) is 2. The first-order valence-electron chi connectivity index (χ1n) is 7.48. The molecule has 0 N–H and O–H groups in total. The maximum atomic E-state index is 4.52. The van der Waals surface area contributed by atoms with E-state index in [1.807, 2.05) is 24.8 Å². The van der Waals surface area contributed by atoms with Crippen molar-refractivity contribution in [3.05, 3.63) is 36.4 Å². The van der Waals surface area contributed by atoms with E-state index in [9.17, 15) is 0 Å². The second-order valence-electron chi connectivity index (χ2n) is 5.73. The number of nitrogens with zero attached hydrogens (tertiary/aromatic N) is 6. The zero-order valence-electron chi connectivity index (χ0n) is 12.8. The van der Waals surface area contributed by atoms with Crippen molar-refractivity contribution in [2.75, 3.05) is 0 Å². The summed E-state index contributed by atoms with van der Waals surface area (Å²) in [5, 5.41) is 0. The number of imidazole rings is 4. The molecular weight excluding hydrogens is 276 g/mol. The number of aromatic nitrogens is 6. The van der Waals surface area contributed by atoms with E-state index in [1.165, 1.54) is 27.6 Å². The summed E-state index contributed by atoms with van der Waals surface area (Å²) in [5.74, 6) is 1.97. The van der Waals surface area contributed by atoms with Crippen molar-refractivity contribution >= 4 is 33.6 Å². The molecule has 22 heavy (non-hydrogen) atoms. The van der Waals surface area contributed by atoms with E-state index in [0.717, 1.165) is 18.1 Å². The van der Waals surface area contributed by atoms with E-state index in [4.69, 9.17) is 0 Å². The minimum Gasteiger partial charge on any atom is -0.312 e. The van der Waals surface area contributed by atoms with Gasteiger partial charge in [-0.05, 0) is 19.9 Å². The van der Waals surface area contributed by atoms with Crippen LogP contribution in [0.2, 0.25) is 0 Å². The number of aryl methyl sites for hydroxylation is 3. The van der Waals surface area contributed by atoms with Gasteiger partial charge >= 0.3 is 0 Å². The molecule has 4 heterocycles. The number of rotatable bonds is 1. The third-order valence-electron chi connectivity index (χ3n) is 4.69. The number of fused-ring (bicyclic) bond motifs is 6. The minimum absolute atomic E-state index is 0.901. The van der Waals surface area contributed by atoms with Gasteiger partial charge in [0.25, 0.3) is 0 Å². The molecule has 0 fully saturated rings. The second-order valence-corrected chi connectivity index (χ2v) is 5.73. The van der Waals surface area contributed by atoms with E-state index in [0.29, 0.717) is 0 Å². The van der Waals surface area contributed by atoms with Crippen molar-refractivity contribution in [3.8, 4) is 0 Å². The molecule has 110 valence electrons. The molecule has 0 saturated carbocycles. The summed E-state index contributed by atoms with van der Waals surface area (Å²) in [6.45, 7) is 5.25. The summed E-state index contributed by atoms with van der Waals surface area (Å²) in [6, 6.07) is 2.24. The van der Waals surface area contributed by atoms with Crippen molar-refractivity contribution in [2.45, 2.75) is 20.4 Å². The van der Waals surface area contributed by atoms with E-state index in [2.05, 4.69) is 54.9 Å². The molecule has 0 spiro atoms. The lowest BCUT2D eigenvalue weighted by molar-refractivity contribution is 0.805. The fourth-order valence-corrected chi connectivity index (χ4v) is 3.81. The van der Waals surface area contributed by atoms with Crippen LogP contribution in [0.5, 0.6) is 0 Å². The van der Waals surface area contributed by atoms with E-state index in [-0.39, 0.29) is 0 Å². The topological polar surface area (TPSA) is 44.5 Å². The van der Waals surface area contributed by atoms with Gasteiger partial charge in [-0.25, -0.2) is 9.97 Å². The van der Waals surface area contributed by atoms with Gasteiger partial charge in [-0.15, -0.1) is 0 Å². The Morgan fingerprint density at radius 2 is 1.59 bits per heavy atom. The van der Waals surface area contributed by atoms with E-state index in [1.54, 1.807) is 0 Å². The van der Waals surface area contributed by atoms with Crippen LogP contribution >= 0.6 is 0 Å². The molecule has 0 unspecified atom stereocenters. The highest BCUT2D eigenvalue weighted by Gasteiger charge is 2.19. The van der Waals surface area contributed by atoms with Crippen molar-refractivity contribution in [2.24, 2.45) is 7.05 Å². The Morgan fingerprint density at radius 1 is 0.955 bits per heavy atom. The number of hydrogen-bond donors (Lipinski definition) is 0. The fourth-order valence-electron chi connectivity index (χ4n) is 3.81. The van der Waals surface area contributed by atoms with Gasteiger partial charge in [-0.3, -0.25) is 8.80 Å². The first-order chi connectivity index (χ1) is 10.7. The largest absolute Gasteiger partial charge is 0.312 e. The molecule has 5 rings (SSSR count). The van der Waals surface area contributed by atoms with Crippen LogP contribution in [0.15, 0.2) is 30.9 Å². The van der Waals surface area contributed by atoms with Gasteiger partial charge in [0, 0.05) is 43.9 Å². The normalized spacial score (nSPS) is 12.5. The monoisotopic (exact) mass is 292 g/mol. The highest BCUT2D eigenvalue weighted by atomic mass is 15.2. The van der Waals surface area contributed by atoms with Crippen LogP contribution in [-0.2, 0) is 13.6 Å². The molecule has 0 aliphatic heterocycles. The molecule has 4 aromatic heterocycles. The average Bonchev–Trinajstić information content (AvgIpc) is 3.23. The summed E-state index contributed by atoms with van der Waals surface area (Å²) in [6.07, 6.45) is 7.75. The van der Waals surface area contributed by atoms with Crippen LogP contribution in [0.25, 0.3) is 33.6 Å². The maximum Gasteiger partial charge on any atom is 0.214 e. The lowest BCUT2D eigenvalue weighted by Gasteiger charge is -2.06. The third-order valence-corrected chi connectivity index (χ3v) is 4.69. The molecule has 6 heteroatoms. The zero-order valence-corrected chi connectivity index (χ0v) is 12.8. The molecule has 0 radical (unpaired) electrons. The Labute approximate surface area is 126 Å². The summed E-state index contributed by atoms with van der Waals surface area (Å²) < 4.78 is 8.76. The Hall–Kier alpha value is -2.76. The summed E-state index contributed by atoms with van der Waals surface area (Å²) >= 11 is 0. The van der Waals surface area contributed by atoms with Crippen molar-refractivity contribution in [1.82, 2.24) is 27.9 Å². The molecular formula is C16H16N6. The van der Waals surface area contributed by atoms with E-state index >= 15 is 0 Å². The highest BCUT2D eigenvalue weighted by Crippen LogP contribution is 2.31. The van der Waals surface area contributed by atoms with Crippen molar-refractivity contribution in [3.63, 3.8) is 0 Å². The van der Waals surface area contributed by atoms with Gasteiger partial charge in [0.1, 0.15) is 0 Å². The maximum absolute atomic E-state index is 4.52. The van der Waals surface area contributed by atoms with Crippen LogP contribution < -0.4 is 0 Å². The predicted octanol–water partition coefficient (Wildman–Crippen LogP) is 2.76. The Kier molecular flexibility index (Phi) is 2.00. The molecule has 0 bridgehead atoms. The zero-order chi connectivity index (χ0) is 15.0. The molecule has 0 aliphatic rings. The van der Waals surface area contributed by atoms with Crippen LogP contribution in [0.4, 0.5) is 0 Å². The van der Waals surface area contributed by atoms with Gasteiger partial charge in [-0.1, -0.05) is 0 Å².